The van der Waals surface area contributed by atoms with E-state index in [0.717, 1.165) is 6.42 Å². The van der Waals surface area contributed by atoms with E-state index in [4.69, 9.17) is 4.55 Å². The molecule has 2 nitrogen and oxygen atoms in total. The lowest BCUT2D eigenvalue weighted by Crippen LogP contribution is -2.01. The van der Waals surface area contributed by atoms with Crippen LogP contribution in [-0.4, -0.2) is 14.5 Å². The Hall–Kier alpha value is -0.670. The quantitative estimate of drug-likeness (QED) is 0.751. The van der Waals surface area contributed by atoms with Crippen molar-refractivity contribution in [2.24, 2.45) is 0 Å². The maximum absolute atomic E-state index is 10.5. The van der Waals surface area contributed by atoms with Crippen LogP contribution in [-0.2, 0) is 23.9 Å². The lowest BCUT2D eigenvalue weighted by Gasteiger charge is -2.05. The third-order valence-corrected chi connectivity index (χ3v) is 2.60. The van der Waals surface area contributed by atoms with E-state index in [0.29, 0.717) is 12.2 Å². The zero-order valence-electron chi connectivity index (χ0n) is 7.69. The Balaban J connectivity index is 2.69. The number of benzene rings is 1. The Bertz CT molecular complexity index is 297. The molecule has 0 fully saturated rings. The van der Waals surface area contributed by atoms with Crippen molar-refractivity contribution in [3.05, 3.63) is 35.4 Å². The van der Waals surface area contributed by atoms with Gasteiger partial charge in [-0.2, -0.15) is 0 Å². The molecular weight excluding hydrogens is 184 g/mol. The predicted molar refractivity (Wildman–Crippen MR) is 55.2 cm³/mol. The Morgan fingerprint density at radius 2 is 1.92 bits per heavy atom. The summed E-state index contributed by atoms with van der Waals surface area (Å²) < 4.78 is 19.1. The van der Waals surface area contributed by atoms with Gasteiger partial charge in [0, 0.05) is 0 Å². The predicted octanol–water partition coefficient (Wildman–Crippen LogP) is 2.01. The molecule has 0 bridgehead atoms. The molecule has 0 saturated carbocycles. The highest BCUT2D eigenvalue weighted by atomic mass is 32.2. The minimum Gasteiger partial charge on any atom is -0.306 e. The summed E-state index contributed by atoms with van der Waals surface area (Å²) in [5.74, 6) is 0.330. The van der Waals surface area contributed by atoms with Crippen LogP contribution in [0.4, 0.5) is 0 Å². The number of rotatable bonds is 4. The standard InChI is InChI=1S/C10H14O2S/c1-2-9-5-3-4-6-10(9)7-8-13(11)12/h3-6H,2,7-8H2,1H3,(H,11,12). The number of hydrogen-bond acceptors (Lipinski definition) is 1. The van der Waals surface area contributed by atoms with E-state index in [1.165, 1.54) is 11.1 Å². The van der Waals surface area contributed by atoms with Gasteiger partial charge in [-0.15, -0.1) is 0 Å². The molecule has 13 heavy (non-hydrogen) atoms. The molecule has 0 radical (unpaired) electrons. The van der Waals surface area contributed by atoms with Crippen molar-refractivity contribution in [3.8, 4) is 0 Å². The monoisotopic (exact) mass is 198 g/mol. The lowest BCUT2D eigenvalue weighted by atomic mass is 10.0. The first-order chi connectivity index (χ1) is 6.24. The second-order valence-corrected chi connectivity index (χ2v) is 3.95. The molecule has 0 aliphatic heterocycles. The molecule has 0 aliphatic carbocycles. The Morgan fingerprint density at radius 3 is 2.46 bits per heavy atom. The molecule has 1 atom stereocenters. The molecule has 1 unspecified atom stereocenters. The van der Waals surface area contributed by atoms with Gasteiger partial charge in [0.05, 0.1) is 5.75 Å². The van der Waals surface area contributed by atoms with Crippen LogP contribution in [0.15, 0.2) is 24.3 Å². The van der Waals surface area contributed by atoms with Gasteiger partial charge >= 0.3 is 0 Å². The van der Waals surface area contributed by atoms with E-state index in [2.05, 4.69) is 13.0 Å². The smallest absolute Gasteiger partial charge is 0.153 e. The third-order valence-electron chi connectivity index (χ3n) is 2.05. The Kier molecular flexibility index (Phi) is 4.12. The van der Waals surface area contributed by atoms with Crippen LogP contribution >= 0.6 is 0 Å². The maximum Gasteiger partial charge on any atom is 0.153 e. The van der Waals surface area contributed by atoms with Gasteiger partial charge in [0.2, 0.25) is 0 Å². The van der Waals surface area contributed by atoms with Crippen LogP contribution in [0.25, 0.3) is 0 Å². The lowest BCUT2D eigenvalue weighted by molar-refractivity contribution is 0.563. The average Bonchev–Trinajstić information content (AvgIpc) is 2.15. The van der Waals surface area contributed by atoms with Crippen LogP contribution in [0.2, 0.25) is 0 Å². The maximum atomic E-state index is 10.5. The second kappa shape index (κ2) is 5.14. The zero-order valence-corrected chi connectivity index (χ0v) is 8.51. The van der Waals surface area contributed by atoms with Gasteiger partial charge in [0.1, 0.15) is 0 Å². The van der Waals surface area contributed by atoms with Gasteiger partial charge in [0.25, 0.3) is 0 Å². The summed E-state index contributed by atoms with van der Waals surface area (Å²) in [4.78, 5) is 0. The van der Waals surface area contributed by atoms with E-state index in [1.807, 2.05) is 18.2 Å². The molecule has 1 aromatic rings. The van der Waals surface area contributed by atoms with E-state index in [1.54, 1.807) is 0 Å². The van der Waals surface area contributed by atoms with Crippen molar-refractivity contribution in [1.29, 1.82) is 0 Å². The molecule has 0 heterocycles. The topological polar surface area (TPSA) is 37.3 Å². The molecule has 1 aromatic carbocycles. The van der Waals surface area contributed by atoms with Crippen LogP contribution in [0, 0.1) is 0 Å². The second-order valence-electron chi connectivity index (χ2n) is 2.90. The van der Waals surface area contributed by atoms with Gasteiger partial charge in [0.15, 0.2) is 11.1 Å². The van der Waals surface area contributed by atoms with Crippen LogP contribution in [0.5, 0.6) is 0 Å². The molecule has 72 valence electrons. The van der Waals surface area contributed by atoms with E-state index >= 15 is 0 Å². The van der Waals surface area contributed by atoms with Gasteiger partial charge in [-0.25, -0.2) is 4.21 Å². The fourth-order valence-corrected chi connectivity index (χ4v) is 1.74. The van der Waals surface area contributed by atoms with Crippen molar-refractivity contribution < 1.29 is 8.76 Å². The van der Waals surface area contributed by atoms with Crippen LogP contribution in [0.1, 0.15) is 18.1 Å². The Labute approximate surface area is 81.3 Å². The van der Waals surface area contributed by atoms with Gasteiger partial charge in [-0.05, 0) is 24.0 Å². The summed E-state index contributed by atoms with van der Waals surface area (Å²) in [6.07, 6.45) is 1.67. The van der Waals surface area contributed by atoms with Crippen molar-refractivity contribution in [1.82, 2.24) is 0 Å². The molecule has 0 amide bonds. The fraction of sp³-hybridized carbons (Fsp3) is 0.400. The minimum absolute atomic E-state index is 0.330. The minimum atomic E-state index is -1.68. The van der Waals surface area contributed by atoms with Gasteiger partial charge in [-0.1, -0.05) is 31.2 Å². The Morgan fingerprint density at radius 1 is 1.31 bits per heavy atom. The molecule has 0 aliphatic rings. The summed E-state index contributed by atoms with van der Waals surface area (Å²) in [5.41, 5.74) is 2.46. The average molecular weight is 198 g/mol. The van der Waals surface area contributed by atoms with Crippen molar-refractivity contribution in [3.63, 3.8) is 0 Å². The molecule has 3 heteroatoms. The van der Waals surface area contributed by atoms with Gasteiger partial charge < -0.3 is 4.55 Å². The number of hydrogen-bond donors (Lipinski definition) is 1. The van der Waals surface area contributed by atoms with Gasteiger partial charge in [-0.3, -0.25) is 0 Å². The highest BCUT2D eigenvalue weighted by molar-refractivity contribution is 7.79. The molecule has 1 N–H and O–H groups in total. The highest BCUT2D eigenvalue weighted by Gasteiger charge is 2.01. The first-order valence-corrected chi connectivity index (χ1v) is 5.66. The molecule has 0 saturated heterocycles. The first kappa shape index (κ1) is 10.4. The summed E-state index contributed by atoms with van der Waals surface area (Å²) in [6, 6.07) is 8.05. The van der Waals surface area contributed by atoms with Crippen LogP contribution in [0.3, 0.4) is 0 Å². The number of aryl methyl sites for hydroxylation is 2. The zero-order chi connectivity index (χ0) is 9.68. The molecular formula is C10H14O2S. The van der Waals surface area contributed by atoms with Crippen molar-refractivity contribution >= 4 is 11.1 Å². The normalized spacial score (nSPS) is 12.8. The summed E-state index contributed by atoms with van der Waals surface area (Å²) in [6.45, 7) is 2.09. The van der Waals surface area contributed by atoms with E-state index in [9.17, 15) is 4.21 Å². The van der Waals surface area contributed by atoms with E-state index in [-0.39, 0.29) is 0 Å². The van der Waals surface area contributed by atoms with Crippen molar-refractivity contribution in [2.75, 3.05) is 5.75 Å². The van der Waals surface area contributed by atoms with Crippen molar-refractivity contribution in [2.45, 2.75) is 19.8 Å². The van der Waals surface area contributed by atoms with E-state index < -0.39 is 11.1 Å². The molecule has 0 spiro atoms. The largest absolute Gasteiger partial charge is 0.306 e. The summed E-state index contributed by atoms with van der Waals surface area (Å²) in [5, 5.41) is 0. The fourth-order valence-electron chi connectivity index (χ4n) is 1.34. The summed E-state index contributed by atoms with van der Waals surface area (Å²) >= 11 is -1.68. The summed E-state index contributed by atoms with van der Waals surface area (Å²) in [7, 11) is 0. The SMILES string of the molecule is CCc1ccccc1CCS(=O)O. The highest BCUT2D eigenvalue weighted by Crippen LogP contribution is 2.10. The first-order valence-electron chi connectivity index (χ1n) is 4.38. The molecule has 0 aromatic heterocycles. The molecule has 1 rings (SSSR count). The third kappa shape index (κ3) is 3.28. The van der Waals surface area contributed by atoms with Crippen LogP contribution < -0.4 is 0 Å².